The lowest BCUT2D eigenvalue weighted by atomic mass is 9.89. The second-order valence-corrected chi connectivity index (χ2v) is 6.53. The van der Waals surface area contributed by atoms with Crippen molar-refractivity contribution in [1.82, 2.24) is 5.32 Å². The van der Waals surface area contributed by atoms with Crippen molar-refractivity contribution in [3.63, 3.8) is 0 Å². The summed E-state index contributed by atoms with van der Waals surface area (Å²) in [4.78, 5) is 0. The molecular formula is C17H29NO2. The predicted octanol–water partition coefficient (Wildman–Crippen LogP) is 3.53. The first-order chi connectivity index (χ1) is 9.37. The molecule has 0 bridgehead atoms. The normalized spacial score (nSPS) is 14.9. The second kappa shape index (κ2) is 7.65. The summed E-state index contributed by atoms with van der Waals surface area (Å²) >= 11 is 0. The molecule has 2 unspecified atom stereocenters. The molecule has 0 heterocycles. The Morgan fingerprint density at radius 3 is 2.45 bits per heavy atom. The first-order valence-corrected chi connectivity index (χ1v) is 7.41. The van der Waals surface area contributed by atoms with Crippen LogP contribution in [0.3, 0.4) is 0 Å². The van der Waals surface area contributed by atoms with Gasteiger partial charge in [0.1, 0.15) is 5.75 Å². The van der Waals surface area contributed by atoms with Crippen molar-refractivity contribution >= 4 is 0 Å². The topological polar surface area (TPSA) is 41.5 Å². The van der Waals surface area contributed by atoms with Gasteiger partial charge >= 0.3 is 0 Å². The van der Waals surface area contributed by atoms with Crippen LogP contribution in [0.4, 0.5) is 0 Å². The minimum absolute atomic E-state index is 0.146. The number of ether oxygens (including phenoxy) is 1. The number of benzene rings is 1. The predicted molar refractivity (Wildman–Crippen MR) is 84.1 cm³/mol. The average Bonchev–Trinajstić information content (AvgIpc) is 2.38. The fourth-order valence-electron chi connectivity index (χ4n) is 2.49. The molecule has 0 radical (unpaired) electrons. The van der Waals surface area contributed by atoms with Gasteiger partial charge in [-0.25, -0.2) is 0 Å². The van der Waals surface area contributed by atoms with E-state index in [0.717, 1.165) is 24.2 Å². The van der Waals surface area contributed by atoms with Gasteiger partial charge in [0, 0.05) is 18.2 Å². The number of hydrogen-bond acceptors (Lipinski definition) is 3. The summed E-state index contributed by atoms with van der Waals surface area (Å²) in [7, 11) is 1.69. The van der Waals surface area contributed by atoms with Crippen molar-refractivity contribution in [3.8, 4) is 5.75 Å². The number of methoxy groups -OCH3 is 1. The monoisotopic (exact) mass is 279 g/mol. The van der Waals surface area contributed by atoms with Crippen LogP contribution in [0.15, 0.2) is 24.3 Å². The summed E-state index contributed by atoms with van der Waals surface area (Å²) in [6.45, 7) is 9.18. The third-order valence-corrected chi connectivity index (χ3v) is 3.37. The molecule has 0 fully saturated rings. The van der Waals surface area contributed by atoms with Crippen LogP contribution < -0.4 is 10.1 Å². The number of hydrogen-bond donors (Lipinski definition) is 2. The van der Waals surface area contributed by atoms with E-state index in [2.05, 4.69) is 39.1 Å². The molecule has 1 aromatic carbocycles. The smallest absolute Gasteiger partial charge is 0.123 e. The summed E-state index contributed by atoms with van der Waals surface area (Å²) in [6.07, 6.45) is 1.43. The maximum Gasteiger partial charge on any atom is 0.123 e. The third-order valence-electron chi connectivity index (χ3n) is 3.37. The molecule has 0 aliphatic rings. The summed E-state index contributed by atoms with van der Waals surface area (Å²) < 4.78 is 5.41. The van der Waals surface area contributed by atoms with E-state index in [1.54, 1.807) is 7.11 Å². The fraction of sp³-hybridized carbons (Fsp3) is 0.647. The zero-order valence-electron chi connectivity index (χ0n) is 13.4. The Kier molecular flexibility index (Phi) is 6.50. The van der Waals surface area contributed by atoms with E-state index in [4.69, 9.17) is 4.74 Å². The SMILES string of the molecule is CCC(NCC(O)CC(C)(C)C)c1ccccc1OC. The van der Waals surface area contributed by atoms with Gasteiger partial charge in [-0.05, 0) is 24.3 Å². The Labute approximate surface area is 123 Å². The highest BCUT2D eigenvalue weighted by Crippen LogP contribution is 2.27. The minimum atomic E-state index is -0.321. The number of aliphatic hydroxyl groups is 1. The van der Waals surface area contributed by atoms with E-state index >= 15 is 0 Å². The number of nitrogens with one attached hydrogen (secondary N) is 1. The first kappa shape index (κ1) is 17.0. The quantitative estimate of drug-likeness (QED) is 0.802. The van der Waals surface area contributed by atoms with Crippen LogP contribution in [0.25, 0.3) is 0 Å². The van der Waals surface area contributed by atoms with Crippen molar-refractivity contribution in [2.24, 2.45) is 5.41 Å². The van der Waals surface area contributed by atoms with Crippen molar-refractivity contribution in [2.75, 3.05) is 13.7 Å². The molecule has 3 nitrogen and oxygen atoms in total. The van der Waals surface area contributed by atoms with E-state index in [0.29, 0.717) is 6.54 Å². The second-order valence-electron chi connectivity index (χ2n) is 6.53. The first-order valence-electron chi connectivity index (χ1n) is 7.41. The maximum atomic E-state index is 10.1. The van der Waals surface area contributed by atoms with Gasteiger partial charge < -0.3 is 15.2 Å². The van der Waals surface area contributed by atoms with Crippen molar-refractivity contribution < 1.29 is 9.84 Å². The van der Waals surface area contributed by atoms with E-state index in [1.807, 2.05) is 18.2 Å². The Balaban J connectivity index is 2.64. The van der Waals surface area contributed by atoms with Crippen molar-refractivity contribution in [3.05, 3.63) is 29.8 Å². The van der Waals surface area contributed by atoms with E-state index in [9.17, 15) is 5.11 Å². The molecule has 1 rings (SSSR count). The molecule has 2 atom stereocenters. The molecule has 0 saturated carbocycles. The molecule has 0 aliphatic heterocycles. The Morgan fingerprint density at radius 1 is 1.25 bits per heavy atom. The third kappa shape index (κ3) is 5.51. The van der Waals surface area contributed by atoms with Gasteiger partial charge in [-0.2, -0.15) is 0 Å². The molecule has 3 heteroatoms. The van der Waals surface area contributed by atoms with Crippen LogP contribution >= 0.6 is 0 Å². The van der Waals surface area contributed by atoms with Gasteiger partial charge in [-0.1, -0.05) is 45.9 Å². The molecule has 1 aromatic rings. The zero-order chi connectivity index (χ0) is 15.2. The average molecular weight is 279 g/mol. The minimum Gasteiger partial charge on any atom is -0.496 e. The molecule has 0 amide bonds. The van der Waals surface area contributed by atoms with Crippen LogP contribution in [0.1, 0.15) is 52.1 Å². The van der Waals surface area contributed by atoms with Crippen molar-refractivity contribution in [1.29, 1.82) is 0 Å². The van der Waals surface area contributed by atoms with Gasteiger partial charge in [0.2, 0.25) is 0 Å². The lowest BCUT2D eigenvalue weighted by Crippen LogP contribution is -2.32. The van der Waals surface area contributed by atoms with Crippen LogP contribution in [0.5, 0.6) is 5.75 Å². The lowest BCUT2D eigenvalue weighted by Gasteiger charge is -2.25. The molecule has 0 spiro atoms. The van der Waals surface area contributed by atoms with Crippen LogP contribution in [-0.4, -0.2) is 24.9 Å². The van der Waals surface area contributed by atoms with Gasteiger partial charge in [0.15, 0.2) is 0 Å². The molecule has 2 N–H and O–H groups in total. The van der Waals surface area contributed by atoms with E-state index in [1.165, 1.54) is 0 Å². The Morgan fingerprint density at radius 2 is 1.90 bits per heavy atom. The Bertz CT molecular complexity index is 398. The molecule has 0 saturated heterocycles. The van der Waals surface area contributed by atoms with Gasteiger partial charge in [-0.3, -0.25) is 0 Å². The van der Waals surface area contributed by atoms with E-state index < -0.39 is 0 Å². The standard InChI is InChI=1S/C17H29NO2/c1-6-15(14-9-7-8-10-16(14)20-5)18-12-13(19)11-17(2,3)4/h7-10,13,15,18-19H,6,11-12H2,1-5H3. The fourth-order valence-corrected chi connectivity index (χ4v) is 2.49. The lowest BCUT2D eigenvalue weighted by molar-refractivity contribution is 0.116. The van der Waals surface area contributed by atoms with Gasteiger partial charge in [0.25, 0.3) is 0 Å². The van der Waals surface area contributed by atoms with E-state index in [-0.39, 0.29) is 17.6 Å². The van der Waals surface area contributed by atoms with Crippen molar-refractivity contribution in [2.45, 2.75) is 52.7 Å². The zero-order valence-corrected chi connectivity index (χ0v) is 13.4. The van der Waals surface area contributed by atoms with Gasteiger partial charge in [-0.15, -0.1) is 0 Å². The number of para-hydroxylation sites is 1. The highest BCUT2D eigenvalue weighted by Gasteiger charge is 2.19. The molecule has 0 aromatic heterocycles. The summed E-state index contributed by atoms with van der Waals surface area (Å²) in [5.74, 6) is 0.900. The number of rotatable bonds is 7. The molecule has 114 valence electrons. The number of aliphatic hydroxyl groups excluding tert-OH is 1. The molecule has 0 aliphatic carbocycles. The van der Waals surface area contributed by atoms with Crippen LogP contribution in [0.2, 0.25) is 0 Å². The summed E-state index contributed by atoms with van der Waals surface area (Å²) in [5, 5.41) is 13.6. The summed E-state index contributed by atoms with van der Waals surface area (Å²) in [6, 6.07) is 8.26. The molecule has 20 heavy (non-hydrogen) atoms. The highest BCUT2D eigenvalue weighted by molar-refractivity contribution is 5.35. The highest BCUT2D eigenvalue weighted by atomic mass is 16.5. The summed E-state index contributed by atoms with van der Waals surface area (Å²) in [5.41, 5.74) is 1.30. The Hall–Kier alpha value is -1.06. The van der Waals surface area contributed by atoms with Crippen LogP contribution in [0, 0.1) is 5.41 Å². The largest absolute Gasteiger partial charge is 0.496 e. The van der Waals surface area contributed by atoms with Crippen LogP contribution in [-0.2, 0) is 0 Å². The molecular weight excluding hydrogens is 250 g/mol. The van der Waals surface area contributed by atoms with Gasteiger partial charge in [0.05, 0.1) is 13.2 Å². The maximum absolute atomic E-state index is 10.1.